The molecule has 86 valence electrons. The first kappa shape index (κ1) is 10.9. The van der Waals surface area contributed by atoms with Crippen LogP contribution in [0.4, 0.5) is 0 Å². The molecule has 16 heavy (non-hydrogen) atoms. The van der Waals surface area contributed by atoms with Crippen LogP contribution in [-0.2, 0) is 19.9 Å². The molecule has 0 aromatic carbocycles. The van der Waals surface area contributed by atoms with E-state index in [4.69, 9.17) is 0 Å². The largest absolute Gasteiger partial charge is 0.309 e. The number of rotatable bonds is 3. The van der Waals surface area contributed by atoms with Gasteiger partial charge in [0.25, 0.3) is 5.56 Å². The molecule has 0 radical (unpaired) electrons. The van der Waals surface area contributed by atoms with Crippen molar-refractivity contribution in [2.75, 3.05) is 0 Å². The van der Waals surface area contributed by atoms with E-state index in [1.807, 2.05) is 6.92 Å². The Kier molecular flexibility index (Phi) is 2.77. The van der Waals surface area contributed by atoms with Gasteiger partial charge in [0.2, 0.25) is 0 Å². The zero-order valence-electron chi connectivity index (χ0n) is 9.87. The Morgan fingerprint density at radius 2 is 2.12 bits per heavy atom. The lowest BCUT2D eigenvalue weighted by molar-refractivity contribution is 0.750. The highest BCUT2D eigenvalue weighted by atomic mass is 16.1. The molecular weight excluding hydrogens is 204 g/mol. The first-order valence-electron chi connectivity index (χ1n) is 5.62. The number of hydrogen-bond acceptors (Lipinski definition) is 3. The van der Waals surface area contributed by atoms with E-state index in [1.54, 1.807) is 11.7 Å². The third kappa shape index (κ3) is 1.62. The molecule has 0 atom stereocenters. The molecule has 5 nitrogen and oxygen atoms in total. The molecule has 0 aliphatic carbocycles. The van der Waals surface area contributed by atoms with Crippen molar-refractivity contribution in [1.29, 1.82) is 0 Å². The lowest BCUT2D eigenvalue weighted by Crippen LogP contribution is -2.13. The molecule has 2 heterocycles. The van der Waals surface area contributed by atoms with Crippen LogP contribution in [0.2, 0.25) is 0 Å². The Bertz CT molecular complexity index is 567. The van der Waals surface area contributed by atoms with Crippen molar-refractivity contribution < 1.29 is 0 Å². The van der Waals surface area contributed by atoms with Gasteiger partial charge in [0.15, 0.2) is 5.52 Å². The van der Waals surface area contributed by atoms with E-state index in [9.17, 15) is 4.79 Å². The molecule has 0 bridgehead atoms. The van der Waals surface area contributed by atoms with Gasteiger partial charge in [0, 0.05) is 13.5 Å². The van der Waals surface area contributed by atoms with Gasteiger partial charge in [-0.25, -0.2) is 4.98 Å². The van der Waals surface area contributed by atoms with Crippen LogP contribution in [0.25, 0.3) is 11.0 Å². The molecule has 5 heteroatoms. The quantitative estimate of drug-likeness (QED) is 0.844. The van der Waals surface area contributed by atoms with E-state index in [0.717, 1.165) is 36.3 Å². The van der Waals surface area contributed by atoms with Crippen LogP contribution in [0.15, 0.2) is 4.79 Å². The number of aromatic nitrogens is 4. The fraction of sp³-hybridized carbons (Fsp3) is 0.545. The molecule has 0 saturated heterocycles. The number of aromatic amines is 1. The molecule has 0 spiro atoms. The SMILES string of the molecule is CCCc1nn(C)c2c(=O)[nH]c(CC)nc12. The molecule has 0 fully saturated rings. The number of nitrogens with one attached hydrogen (secondary N) is 1. The van der Waals surface area contributed by atoms with Gasteiger partial charge in [-0.3, -0.25) is 9.48 Å². The summed E-state index contributed by atoms with van der Waals surface area (Å²) in [5, 5.41) is 4.35. The number of fused-ring (bicyclic) bond motifs is 1. The second kappa shape index (κ2) is 4.08. The highest BCUT2D eigenvalue weighted by Gasteiger charge is 2.13. The molecule has 0 amide bonds. The predicted molar refractivity (Wildman–Crippen MR) is 62.5 cm³/mol. The standard InChI is InChI=1S/C11H16N4O/c1-4-6-7-9-10(15(3)14-7)11(16)13-8(5-2)12-9/h4-6H2,1-3H3,(H,12,13,16). The van der Waals surface area contributed by atoms with Crippen LogP contribution in [-0.4, -0.2) is 19.7 Å². The monoisotopic (exact) mass is 220 g/mol. The fourth-order valence-electron chi connectivity index (χ4n) is 1.87. The maximum atomic E-state index is 11.8. The molecule has 0 saturated carbocycles. The maximum Gasteiger partial charge on any atom is 0.277 e. The fourth-order valence-corrected chi connectivity index (χ4v) is 1.87. The minimum atomic E-state index is -0.0980. The Hall–Kier alpha value is -1.65. The average Bonchev–Trinajstić information content (AvgIpc) is 2.56. The third-order valence-corrected chi connectivity index (χ3v) is 2.63. The van der Waals surface area contributed by atoms with Crippen molar-refractivity contribution in [3.05, 3.63) is 21.9 Å². The summed E-state index contributed by atoms with van der Waals surface area (Å²) in [4.78, 5) is 19.1. The minimum Gasteiger partial charge on any atom is -0.309 e. The van der Waals surface area contributed by atoms with Gasteiger partial charge in [0.1, 0.15) is 11.3 Å². The van der Waals surface area contributed by atoms with Gasteiger partial charge in [-0.2, -0.15) is 5.10 Å². The molecule has 1 N–H and O–H groups in total. The van der Waals surface area contributed by atoms with Gasteiger partial charge in [-0.05, 0) is 6.42 Å². The van der Waals surface area contributed by atoms with Crippen LogP contribution >= 0.6 is 0 Å². The molecule has 2 aromatic rings. The van der Waals surface area contributed by atoms with Crippen molar-refractivity contribution in [3.8, 4) is 0 Å². The van der Waals surface area contributed by atoms with Gasteiger partial charge in [0.05, 0.1) is 5.69 Å². The lowest BCUT2D eigenvalue weighted by Gasteiger charge is -1.97. The maximum absolute atomic E-state index is 11.8. The molecule has 2 aromatic heterocycles. The van der Waals surface area contributed by atoms with Gasteiger partial charge in [-0.1, -0.05) is 20.3 Å². The number of H-pyrrole nitrogens is 1. The normalized spacial score (nSPS) is 11.2. The molecule has 0 unspecified atom stereocenters. The van der Waals surface area contributed by atoms with Crippen LogP contribution in [0, 0.1) is 0 Å². The van der Waals surface area contributed by atoms with Gasteiger partial charge >= 0.3 is 0 Å². The predicted octanol–water partition coefficient (Wildman–Crippen LogP) is 1.17. The summed E-state index contributed by atoms with van der Waals surface area (Å²) in [5.74, 6) is 0.725. The first-order valence-corrected chi connectivity index (χ1v) is 5.62. The molecule has 0 aliphatic rings. The Balaban J connectivity index is 2.76. The van der Waals surface area contributed by atoms with Crippen molar-refractivity contribution >= 4 is 11.0 Å². The summed E-state index contributed by atoms with van der Waals surface area (Å²) in [6.45, 7) is 4.06. The molecule has 2 rings (SSSR count). The Morgan fingerprint density at radius 1 is 1.38 bits per heavy atom. The molecule has 0 aliphatic heterocycles. The first-order chi connectivity index (χ1) is 7.67. The molecular formula is C11H16N4O. The summed E-state index contributed by atoms with van der Waals surface area (Å²) in [6.07, 6.45) is 2.59. The smallest absolute Gasteiger partial charge is 0.277 e. The van der Waals surface area contributed by atoms with Crippen LogP contribution in [0.5, 0.6) is 0 Å². The summed E-state index contributed by atoms with van der Waals surface area (Å²) in [6, 6.07) is 0. The van der Waals surface area contributed by atoms with E-state index in [1.165, 1.54) is 0 Å². The summed E-state index contributed by atoms with van der Waals surface area (Å²) < 4.78 is 1.62. The Morgan fingerprint density at radius 3 is 2.75 bits per heavy atom. The van der Waals surface area contributed by atoms with E-state index < -0.39 is 0 Å². The van der Waals surface area contributed by atoms with E-state index in [-0.39, 0.29) is 5.56 Å². The van der Waals surface area contributed by atoms with Crippen LogP contribution < -0.4 is 5.56 Å². The van der Waals surface area contributed by atoms with Crippen LogP contribution in [0.1, 0.15) is 31.8 Å². The summed E-state index contributed by atoms with van der Waals surface area (Å²) in [7, 11) is 1.78. The zero-order chi connectivity index (χ0) is 11.7. The van der Waals surface area contributed by atoms with E-state index >= 15 is 0 Å². The summed E-state index contributed by atoms with van der Waals surface area (Å²) >= 11 is 0. The van der Waals surface area contributed by atoms with Gasteiger partial charge in [-0.15, -0.1) is 0 Å². The summed E-state index contributed by atoms with van der Waals surface area (Å²) in [5.41, 5.74) is 2.14. The van der Waals surface area contributed by atoms with Crippen molar-refractivity contribution in [2.45, 2.75) is 33.1 Å². The Labute approximate surface area is 93.5 Å². The zero-order valence-corrected chi connectivity index (χ0v) is 9.87. The van der Waals surface area contributed by atoms with Crippen molar-refractivity contribution in [1.82, 2.24) is 19.7 Å². The van der Waals surface area contributed by atoms with Gasteiger partial charge < -0.3 is 4.98 Å². The topological polar surface area (TPSA) is 63.6 Å². The van der Waals surface area contributed by atoms with E-state index in [0.29, 0.717) is 5.52 Å². The van der Waals surface area contributed by atoms with Crippen molar-refractivity contribution in [2.24, 2.45) is 7.05 Å². The average molecular weight is 220 g/mol. The number of hydrogen-bond donors (Lipinski definition) is 1. The second-order valence-electron chi connectivity index (χ2n) is 3.88. The number of aryl methyl sites for hydroxylation is 3. The third-order valence-electron chi connectivity index (χ3n) is 2.63. The highest BCUT2D eigenvalue weighted by Crippen LogP contribution is 2.13. The van der Waals surface area contributed by atoms with Crippen LogP contribution in [0.3, 0.4) is 0 Å². The minimum absolute atomic E-state index is 0.0980. The highest BCUT2D eigenvalue weighted by molar-refractivity contribution is 5.76. The second-order valence-corrected chi connectivity index (χ2v) is 3.88. The van der Waals surface area contributed by atoms with E-state index in [2.05, 4.69) is 22.0 Å². The van der Waals surface area contributed by atoms with Crippen molar-refractivity contribution in [3.63, 3.8) is 0 Å². The lowest BCUT2D eigenvalue weighted by atomic mass is 10.2. The number of nitrogens with zero attached hydrogens (tertiary/aromatic N) is 3.